The van der Waals surface area contributed by atoms with Crippen molar-refractivity contribution in [3.63, 3.8) is 0 Å². The molecular formula is C23H30O6. The number of fused-ring (bicyclic) bond motifs is 1. The van der Waals surface area contributed by atoms with Crippen LogP contribution in [0.5, 0.6) is 0 Å². The molecule has 2 aliphatic heterocycles. The normalized spacial score (nSPS) is 33.3. The van der Waals surface area contributed by atoms with Crippen molar-refractivity contribution in [2.75, 3.05) is 6.61 Å². The monoisotopic (exact) mass is 402 g/mol. The highest BCUT2D eigenvalue weighted by atomic mass is 16.8. The number of aryl methyl sites for hydroxylation is 1. The SMILES string of the molecule is Cc1ccc(CO[C@H]2OC[C@@H]3OC(C)(C)O[C@@H]3[C@H]2OC(=O)[C@H]2CC=CCC2)cc1. The fourth-order valence-corrected chi connectivity index (χ4v) is 4.08. The Morgan fingerprint density at radius 3 is 2.69 bits per heavy atom. The molecule has 5 atom stereocenters. The van der Waals surface area contributed by atoms with Crippen molar-refractivity contribution in [1.29, 1.82) is 0 Å². The Labute approximate surface area is 172 Å². The lowest BCUT2D eigenvalue weighted by Gasteiger charge is -2.37. The molecule has 4 rings (SSSR count). The van der Waals surface area contributed by atoms with E-state index in [9.17, 15) is 4.79 Å². The van der Waals surface area contributed by atoms with Gasteiger partial charge in [-0.05, 0) is 45.6 Å². The van der Waals surface area contributed by atoms with Gasteiger partial charge in [-0.2, -0.15) is 0 Å². The zero-order valence-electron chi connectivity index (χ0n) is 17.3. The van der Waals surface area contributed by atoms with Gasteiger partial charge in [-0.1, -0.05) is 42.0 Å². The van der Waals surface area contributed by atoms with Crippen LogP contribution in [0.15, 0.2) is 36.4 Å². The summed E-state index contributed by atoms with van der Waals surface area (Å²) in [5.41, 5.74) is 2.23. The molecule has 0 aromatic heterocycles. The molecule has 2 fully saturated rings. The van der Waals surface area contributed by atoms with E-state index >= 15 is 0 Å². The van der Waals surface area contributed by atoms with Crippen LogP contribution >= 0.6 is 0 Å². The van der Waals surface area contributed by atoms with Gasteiger partial charge in [0, 0.05) is 0 Å². The fraction of sp³-hybridized carbons (Fsp3) is 0.609. The summed E-state index contributed by atoms with van der Waals surface area (Å²) in [6.07, 6.45) is 4.49. The van der Waals surface area contributed by atoms with Gasteiger partial charge in [0.2, 0.25) is 0 Å². The van der Waals surface area contributed by atoms with Crippen molar-refractivity contribution < 1.29 is 28.5 Å². The average molecular weight is 402 g/mol. The molecule has 2 heterocycles. The lowest BCUT2D eigenvalue weighted by atomic mass is 9.94. The summed E-state index contributed by atoms with van der Waals surface area (Å²) >= 11 is 0. The number of benzene rings is 1. The maximum absolute atomic E-state index is 12.8. The Morgan fingerprint density at radius 2 is 1.97 bits per heavy atom. The van der Waals surface area contributed by atoms with Crippen LogP contribution in [0.1, 0.15) is 44.2 Å². The molecule has 0 unspecified atom stereocenters. The Balaban J connectivity index is 1.46. The van der Waals surface area contributed by atoms with E-state index in [1.165, 1.54) is 5.56 Å². The molecule has 1 aromatic rings. The van der Waals surface area contributed by atoms with Gasteiger partial charge in [0.25, 0.3) is 0 Å². The van der Waals surface area contributed by atoms with Gasteiger partial charge in [0.15, 0.2) is 18.2 Å². The van der Waals surface area contributed by atoms with Crippen molar-refractivity contribution in [1.82, 2.24) is 0 Å². The summed E-state index contributed by atoms with van der Waals surface area (Å²) in [5.74, 6) is -1.10. The minimum atomic E-state index is -0.747. The van der Waals surface area contributed by atoms with Crippen molar-refractivity contribution in [3.8, 4) is 0 Å². The van der Waals surface area contributed by atoms with Gasteiger partial charge in [-0.25, -0.2) is 0 Å². The van der Waals surface area contributed by atoms with Crippen molar-refractivity contribution in [3.05, 3.63) is 47.5 Å². The number of esters is 1. The van der Waals surface area contributed by atoms with Crippen LogP contribution in [-0.4, -0.2) is 43.0 Å². The highest BCUT2D eigenvalue weighted by Gasteiger charge is 2.53. The third kappa shape index (κ3) is 4.89. The maximum atomic E-state index is 12.8. The van der Waals surface area contributed by atoms with E-state index in [1.54, 1.807) is 0 Å². The minimum Gasteiger partial charge on any atom is -0.454 e. The second-order valence-electron chi connectivity index (χ2n) is 8.52. The molecular weight excluding hydrogens is 372 g/mol. The number of hydrogen-bond acceptors (Lipinski definition) is 6. The molecule has 0 saturated carbocycles. The fourth-order valence-electron chi connectivity index (χ4n) is 4.08. The smallest absolute Gasteiger partial charge is 0.309 e. The lowest BCUT2D eigenvalue weighted by Crippen LogP contribution is -2.54. The highest BCUT2D eigenvalue weighted by Crippen LogP contribution is 2.37. The van der Waals surface area contributed by atoms with Crippen LogP contribution in [0.3, 0.4) is 0 Å². The molecule has 0 bridgehead atoms. The molecule has 1 aliphatic carbocycles. The summed E-state index contributed by atoms with van der Waals surface area (Å²) in [5, 5.41) is 0. The Kier molecular flexibility index (Phi) is 6.06. The quantitative estimate of drug-likeness (QED) is 0.553. The van der Waals surface area contributed by atoms with E-state index in [-0.39, 0.29) is 18.0 Å². The van der Waals surface area contributed by atoms with Gasteiger partial charge in [-0.15, -0.1) is 0 Å². The van der Waals surface area contributed by atoms with E-state index in [0.29, 0.717) is 19.6 Å². The zero-order valence-corrected chi connectivity index (χ0v) is 17.3. The second-order valence-corrected chi connectivity index (χ2v) is 8.52. The molecule has 29 heavy (non-hydrogen) atoms. The Hall–Kier alpha value is -1.73. The van der Waals surface area contributed by atoms with Crippen molar-refractivity contribution in [2.45, 2.75) is 77.0 Å². The van der Waals surface area contributed by atoms with Crippen LogP contribution in [0, 0.1) is 12.8 Å². The minimum absolute atomic E-state index is 0.131. The van der Waals surface area contributed by atoms with Crippen LogP contribution in [0.4, 0.5) is 0 Å². The molecule has 158 valence electrons. The molecule has 0 radical (unpaired) electrons. The van der Waals surface area contributed by atoms with Crippen LogP contribution < -0.4 is 0 Å². The number of rotatable bonds is 5. The van der Waals surface area contributed by atoms with Gasteiger partial charge in [0.05, 0.1) is 19.1 Å². The molecule has 3 aliphatic rings. The first-order valence-electron chi connectivity index (χ1n) is 10.4. The molecule has 0 amide bonds. The molecule has 0 N–H and O–H groups in total. The number of carbonyl (C=O) groups is 1. The van der Waals surface area contributed by atoms with E-state index in [4.69, 9.17) is 23.7 Å². The molecule has 1 aromatic carbocycles. The van der Waals surface area contributed by atoms with E-state index in [2.05, 4.69) is 6.08 Å². The first kappa shape index (κ1) is 20.5. The summed E-state index contributed by atoms with van der Waals surface area (Å²) in [6.45, 7) is 6.47. The molecule has 6 heteroatoms. The highest BCUT2D eigenvalue weighted by molar-refractivity contribution is 5.73. The zero-order chi connectivity index (χ0) is 20.4. The molecule has 2 saturated heterocycles. The standard InChI is InChI=1S/C23H30O6/c1-15-9-11-16(12-10-15)13-25-22-20(27-21(24)17-7-5-4-6-8-17)19-18(14-26-22)28-23(2,3)29-19/h4-5,9-12,17-20,22H,6-8,13-14H2,1-3H3/t17-,18-,19-,20+,22-/m0/s1. The van der Waals surface area contributed by atoms with Gasteiger partial charge in [-0.3, -0.25) is 4.79 Å². The van der Waals surface area contributed by atoms with Gasteiger partial charge in [0.1, 0.15) is 12.2 Å². The Bertz CT molecular complexity index is 740. The summed E-state index contributed by atoms with van der Waals surface area (Å²) < 4.78 is 29.9. The maximum Gasteiger partial charge on any atom is 0.309 e. The number of allylic oxidation sites excluding steroid dienone is 2. The van der Waals surface area contributed by atoms with E-state index in [1.807, 2.05) is 51.1 Å². The predicted octanol–water partition coefficient (Wildman–Crippen LogP) is 3.66. The van der Waals surface area contributed by atoms with Crippen LogP contribution in [-0.2, 0) is 35.1 Å². The third-order valence-electron chi connectivity index (χ3n) is 5.63. The first-order chi connectivity index (χ1) is 13.9. The molecule has 0 spiro atoms. The van der Waals surface area contributed by atoms with Gasteiger partial charge >= 0.3 is 5.97 Å². The largest absolute Gasteiger partial charge is 0.454 e. The van der Waals surface area contributed by atoms with E-state index < -0.39 is 24.3 Å². The molecule has 6 nitrogen and oxygen atoms in total. The van der Waals surface area contributed by atoms with E-state index in [0.717, 1.165) is 18.4 Å². The van der Waals surface area contributed by atoms with Crippen LogP contribution in [0.2, 0.25) is 0 Å². The number of ether oxygens (including phenoxy) is 5. The lowest BCUT2D eigenvalue weighted by molar-refractivity contribution is -0.264. The van der Waals surface area contributed by atoms with Crippen molar-refractivity contribution in [2.24, 2.45) is 5.92 Å². The summed E-state index contributed by atoms with van der Waals surface area (Å²) in [6, 6.07) is 8.13. The second kappa shape index (κ2) is 8.56. The first-order valence-corrected chi connectivity index (χ1v) is 10.4. The average Bonchev–Trinajstić information content (AvgIpc) is 3.03. The number of carbonyl (C=O) groups excluding carboxylic acids is 1. The topological polar surface area (TPSA) is 63.2 Å². The Morgan fingerprint density at radius 1 is 1.17 bits per heavy atom. The summed E-state index contributed by atoms with van der Waals surface area (Å²) in [4.78, 5) is 12.8. The predicted molar refractivity (Wildman–Crippen MR) is 106 cm³/mol. The van der Waals surface area contributed by atoms with Gasteiger partial charge < -0.3 is 23.7 Å². The number of hydrogen-bond donors (Lipinski definition) is 0. The van der Waals surface area contributed by atoms with Crippen molar-refractivity contribution >= 4 is 5.97 Å². The summed E-state index contributed by atoms with van der Waals surface area (Å²) in [7, 11) is 0. The van der Waals surface area contributed by atoms with Crippen LogP contribution in [0.25, 0.3) is 0 Å². The third-order valence-corrected chi connectivity index (χ3v) is 5.63.